The average Bonchev–Trinajstić information content (AvgIpc) is 2.69. The van der Waals surface area contributed by atoms with E-state index >= 15 is 0 Å². The summed E-state index contributed by atoms with van der Waals surface area (Å²) in [5.74, 6) is 0.550. The van der Waals surface area contributed by atoms with Gasteiger partial charge in [0, 0.05) is 5.88 Å². The van der Waals surface area contributed by atoms with Crippen molar-refractivity contribution >= 4 is 44.4 Å². The summed E-state index contributed by atoms with van der Waals surface area (Å²) in [6.07, 6.45) is 0. The van der Waals surface area contributed by atoms with Crippen molar-refractivity contribution in [3.63, 3.8) is 0 Å². The lowest BCUT2D eigenvalue weighted by Gasteiger charge is -2.34. The highest BCUT2D eigenvalue weighted by molar-refractivity contribution is 7.05. The third-order valence-electron chi connectivity index (χ3n) is 4.86. The van der Waals surface area contributed by atoms with Crippen LogP contribution in [0, 0.1) is 0 Å². The molecule has 25 heavy (non-hydrogen) atoms. The number of halogens is 1. The molecule has 0 heterocycles. The molecule has 3 aromatic rings. The largest absolute Gasteiger partial charge is 0.351 e. The first-order chi connectivity index (χ1) is 12.1. The molecule has 128 valence electrons. The Morgan fingerprint density at radius 2 is 1.40 bits per heavy atom. The van der Waals surface area contributed by atoms with Gasteiger partial charge in [0.05, 0.1) is 0 Å². The second-order valence-electron chi connectivity index (χ2n) is 6.56. The van der Waals surface area contributed by atoms with Gasteiger partial charge in [0.2, 0.25) is 0 Å². The van der Waals surface area contributed by atoms with Crippen molar-refractivity contribution in [2.24, 2.45) is 0 Å². The van der Waals surface area contributed by atoms with Crippen LogP contribution in [0.15, 0.2) is 84.9 Å². The van der Waals surface area contributed by atoms with Crippen LogP contribution in [0.25, 0.3) is 0 Å². The second-order valence-corrected chi connectivity index (χ2v) is 13.5. The minimum atomic E-state index is -2.09. The smallest absolute Gasteiger partial charge is 0.180 e. The van der Waals surface area contributed by atoms with Gasteiger partial charge in [-0.15, -0.1) is 11.6 Å². The van der Waals surface area contributed by atoms with Crippen LogP contribution in [0.4, 0.5) is 0 Å². The quantitative estimate of drug-likeness (QED) is 0.511. The van der Waals surface area contributed by atoms with Crippen LogP contribution < -0.4 is 20.2 Å². The number of rotatable bonds is 6. The molecule has 0 fully saturated rings. The summed E-state index contributed by atoms with van der Waals surface area (Å²) in [5.41, 5.74) is 1.24. The van der Waals surface area contributed by atoms with E-state index in [1.807, 2.05) is 0 Å². The molecule has 0 amide bonds. The van der Waals surface area contributed by atoms with E-state index in [0.29, 0.717) is 5.88 Å². The van der Waals surface area contributed by atoms with Crippen LogP contribution in [-0.4, -0.2) is 17.2 Å². The Morgan fingerprint density at radius 1 is 0.840 bits per heavy atom. The molecule has 0 bridgehead atoms. The molecule has 0 saturated heterocycles. The summed E-state index contributed by atoms with van der Waals surface area (Å²) in [5, 5.41) is 4.25. The van der Waals surface area contributed by atoms with Gasteiger partial charge in [0.15, 0.2) is 8.24 Å². The molecule has 3 rings (SSSR count). The van der Waals surface area contributed by atoms with Gasteiger partial charge >= 0.3 is 0 Å². The highest BCUT2D eigenvalue weighted by Crippen LogP contribution is 2.09. The minimum absolute atomic E-state index is 0.550. The monoisotopic (exact) mass is 381 g/mol. The molecule has 1 N–H and O–H groups in total. The Balaban J connectivity index is 2.07. The molecule has 2 unspecified atom stereocenters. The van der Waals surface area contributed by atoms with Crippen molar-refractivity contribution in [3.8, 4) is 0 Å². The number of hydrogen-bond donors (Lipinski definition) is 1. The van der Waals surface area contributed by atoms with Gasteiger partial charge in [-0.1, -0.05) is 91.5 Å². The van der Waals surface area contributed by atoms with Gasteiger partial charge in [0.25, 0.3) is 0 Å². The fourth-order valence-corrected chi connectivity index (χ4v) is 12.4. The SMILES string of the molecule is C[SiH](N[Si](C)(c1ccccc1)c1ccccc1CCl)c1ccccc1. The van der Waals surface area contributed by atoms with Crippen LogP contribution in [0.1, 0.15) is 5.56 Å². The first-order valence-corrected chi connectivity index (χ1v) is 14.0. The number of alkyl halides is 1. The van der Waals surface area contributed by atoms with Crippen LogP contribution in [0.3, 0.4) is 0 Å². The van der Waals surface area contributed by atoms with E-state index in [1.165, 1.54) is 21.1 Å². The van der Waals surface area contributed by atoms with Gasteiger partial charge < -0.3 is 4.65 Å². The van der Waals surface area contributed by atoms with Crippen molar-refractivity contribution in [1.29, 1.82) is 0 Å². The molecule has 0 spiro atoms. The third-order valence-corrected chi connectivity index (χ3v) is 13.6. The lowest BCUT2D eigenvalue weighted by atomic mass is 10.2. The summed E-state index contributed by atoms with van der Waals surface area (Å²) in [6, 6.07) is 30.4. The van der Waals surface area contributed by atoms with Crippen molar-refractivity contribution in [1.82, 2.24) is 4.65 Å². The molecular weight excluding hydrogens is 358 g/mol. The number of nitrogens with one attached hydrogen (secondary N) is 1. The van der Waals surface area contributed by atoms with E-state index in [9.17, 15) is 0 Å². The van der Waals surface area contributed by atoms with E-state index < -0.39 is 17.2 Å². The van der Waals surface area contributed by atoms with Gasteiger partial charge in [-0.05, 0) is 27.7 Å². The van der Waals surface area contributed by atoms with Crippen LogP contribution >= 0.6 is 11.6 Å². The fraction of sp³-hybridized carbons (Fsp3) is 0.143. The molecule has 0 radical (unpaired) electrons. The van der Waals surface area contributed by atoms with Crippen LogP contribution in [0.2, 0.25) is 13.1 Å². The summed E-state index contributed by atoms with van der Waals surface area (Å²) in [6.45, 7) is 4.80. The molecular formula is C21H24ClNSi2. The molecule has 1 nitrogen and oxygen atoms in total. The van der Waals surface area contributed by atoms with E-state index in [2.05, 4.69) is 103 Å². The standard InChI is InChI=1S/C21H24ClNSi2/c1-24(19-12-5-3-6-13-19)23-25(2,20-14-7-4-8-15-20)21-16-10-9-11-18(21)17-22/h3-16,23-24H,17H2,1-2H3. The van der Waals surface area contributed by atoms with E-state index in [-0.39, 0.29) is 0 Å². The molecule has 4 heteroatoms. The van der Waals surface area contributed by atoms with E-state index in [1.54, 1.807) is 0 Å². The molecule has 3 aromatic carbocycles. The molecule has 0 saturated carbocycles. The second kappa shape index (κ2) is 8.15. The lowest BCUT2D eigenvalue weighted by molar-refractivity contribution is 1.37. The summed E-state index contributed by atoms with van der Waals surface area (Å²) in [4.78, 5) is 0. The van der Waals surface area contributed by atoms with Crippen molar-refractivity contribution in [2.75, 3.05) is 0 Å². The number of benzene rings is 3. The summed E-state index contributed by atoms with van der Waals surface area (Å²) >= 11 is 6.28. The predicted octanol–water partition coefficient (Wildman–Crippen LogP) is 2.97. The van der Waals surface area contributed by atoms with Crippen LogP contribution in [-0.2, 0) is 5.88 Å². The Morgan fingerprint density at radius 3 is 2.04 bits per heavy atom. The zero-order valence-corrected chi connectivity index (χ0v) is 17.7. The zero-order valence-electron chi connectivity index (χ0n) is 14.7. The molecule has 0 aliphatic carbocycles. The Labute approximate surface area is 158 Å². The van der Waals surface area contributed by atoms with Crippen LogP contribution in [0.5, 0.6) is 0 Å². The van der Waals surface area contributed by atoms with E-state index in [0.717, 1.165) is 0 Å². The fourth-order valence-electron chi connectivity index (χ4n) is 3.47. The predicted molar refractivity (Wildman–Crippen MR) is 116 cm³/mol. The molecule has 0 aromatic heterocycles. The Kier molecular flexibility index (Phi) is 5.91. The normalized spacial score (nSPS) is 14.7. The average molecular weight is 382 g/mol. The van der Waals surface area contributed by atoms with Gasteiger partial charge in [-0.2, -0.15) is 0 Å². The van der Waals surface area contributed by atoms with E-state index in [4.69, 9.17) is 11.6 Å². The summed E-state index contributed by atoms with van der Waals surface area (Å²) < 4.78 is 4.14. The van der Waals surface area contributed by atoms with Gasteiger partial charge in [-0.3, -0.25) is 0 Å². The topological polar surface area (TPSA) is 12.0 Å². The molecule has 0 aliphatic rings. The first kappa shape index (κ1) is 18.1. The molecule has 2 atom stereocenters. The number of hydrogen-bond acceptors (Lipinski definition) is 1. The first-order valence-electron chi connectivity index (χ1n) is 8.67. The zero-order chi connectivity index (χ0) is 17.7. The Bertz CT molecular complexity index is 810. The van der Waals surface area contributed by atoms with Crippen molar-refractivity contribution in [3.05, 3.63) is 90.5 Å². The third kappa shape index (κ3) is 3.96. The maximum Gasteiger partial charge on any atom is 0.180 e. The lowest BCUT2D eigenvalue weighted by Crippen LogP contribution is -2.72. The minimum Gasteiger partial charge on any atom is -0.351 e. The summed E-state index contributed by atoms with van der Waals surface area (Å²) in [7, 11) is -3.37. The van der Waals surface area contributed by atoms with Gasteiger partial charge in [0.1, 0.15) is 8.96 Å². The highest BCUT2D eigenvalue weighted by Gasteiger charge is 2.35. The maximum absolute atomic E-state index is 6.28. The van der Waals surface area contributed by atoms with Gasteiger partial charge in [-0.25, -0.2) is 0 Å². The maximum atomic E-state index is 6.28. The highest BCUT2D eigenvalue weighted by atomic mass is 35.5. The molecule has 0 aliphatic heterocycles. The Hall–Kier alpha value is -1.66. The van der Waals surface area contributed by atoms with Crippen molar-refractivity contribution < 1.29 is 0 Å². The van der Waals surface area contributed by atoms with Crippen molar-refractivity contribution in [2.45, 2.75) is 19.0 Å².